The number of esters is 1. The Balaban J connectivity index is 1.76. The number of benzene rings is 3. The van der Waals surface area contributed by atoms with Gasteiger partial charge in [-0.2, -0.15) is 13.2 Å². The lowest BCUT2D eigenvalue weighted by molar-refractivity contribution is -0.143. The van der Waals surface area contributed by atoms with Gasteiger partial charge in [0, 0.05) is 11.6 Å². The molecule has 8 heteroatoms. The van der Waals surface area contributed by atoms with E-state index < -0.39 is 41.1 Å². The van der Waals surface area contributed by atoms with Crippen LogP contribution in [0.5, 0.6) is 0 Å². The van der Waals surface area contributed by atoms with Gasteiger partial charge in [0.25, 0.3) is 0 Å². The van der Waals surface area contributed by atoms with Crippen molar-refractivity contribution in [3.63, 3.8) is 0 Å². The summed E-state index contributed by atoms with van der Waals surface area (Å²) in [6.07, 6.45) is -4.49. The Hall–Kier alpha value is -3.65. The first kappa shape index (κ1) is 22.2. The summed E-state index contributed by atoms with van der Waals surface area (Å²) < 4.78 is 44.7. The zero-order valence-corrected chi connectivity index (χ0v) is 18.1. The lowest BCUT2D eigenvalue weighted by Gasteiger charge is -2.35. The van der Waals surface area contributed by atoms with Crippen LogP contribution in [-0.2, 0) is 25.9 Å². The highest BCUT2D eigenvalue weighted by molar-refractivity contribution is 6.09. The van der Waals surface area contributed by atoms with E-state index in [9.17, 15) is 22.8 Å². The number of carbonyl (C=O) groups is 2. The molecular weight excluding hydrogens is 445 g/mol. The molecular formula is C26H21F3N2O3. The van der Waals surface area contributed by atoms with Crippen LogP contribution in [0, 0.1) is 0 Å². The predicted molar refractivity (Wildman–Crippen MR) is 119 cm³/mol. The van der Waals surface area contributed by atoms with Crippen molar-refractivity contribution in [2.24, 2.45) is 0 Å². The molecule has 3 aromatic rings. The van der Waals surface area contributed by atoms with E-state index in [0.717, 1.165) is 17.7 Å². The number of nitrogens with one attached hydrogen (secondary N) is 2. The molecule has 0 aliphatic carbocycles. The number of hydrogen-bond acceptors (Lipinski definition) is 4. The van der Waals surface area contributed by atoms with Crippen LogP contribution in [-0.4, -0.2) is 25.0 Å². The Kier molecular flexibility index (Phi) is 5.20. The second-order valence-electron chi connectivity index (χ2n) is 8.48. The molecule has 3 aromatic carbocycles. The number of methoxy groups -OCH3 is 1. The normalized spacial score (nSPS) is 25.8. The molecule has 2 aliphatic heterocycles. The molecule has 0 saturated carbocycles. The number of anilines is 1. The summed E-state index contributed by atoms with van der Waals surface area (Å²) in [5, 5.41) is 6.18. The minimum absolute atomic E-state index is 0.327. The van der Waals surface area contributed by atoms with Gasteiger partial charge in [-0.25, -0.2) is 0 Å². The third kappa shape index (κ3) is 3.20. The first-order valence-corrected chi connectivity index (χ1v) is 10.8. The fraction of sp³-hybridized carbons (Fsp3) is 0.231. The highest BCUT2D eigenvalue weighted by Gasteiger charge is 2.66. The Labute approximate surface area is 193 Å². The Morgan fingerprint density at radius 2 is 1.56 bits per heavy atom. The van der Waals surface area contributed by atoms with E-state index in [0.29, 0.717) is 16.8 Å². The quantitative estimate of drug-likeness (QED) is 0.556. The van der Waals surface area contributed by atoms with Crippen LogP contribution in [0.25, 0.3) is 0 Å². The van der Waals surface area contributed by atoms with Crippen LogP contribution < -0.4 is 10.6 Å². The Morgan fingerprint density at radius 1 is 0.912 bits per heavy atom. The maximum Gasteiger partial charge on any atom is 0.416 e. The zero-order chi connectivity index (χ0) is 24.1. The first-order chi connectivity index (χ1) is 16.3. The summed E-state index contributed by atoms with van der Waals surface area (Å²) in [4.78, 5) is 26.8. The van der Waals surface area contributed by atoms with E-state index in [1.165, 1.54) is 19.2 Å². The molecule has 0 unspecified atom stereocenters. The molecule has 5 rings (SSSR count). The summed E-state index contributed by atoms with van der Waals surface area (Å²) >= 11 is 0. The molecule has 1 fully saturated rings. The molecule has 1 saturated heterocycles. The molecule has 2 N–H and O–H groups in total. The molecule has 174 valence electrons. The fourth-order valence-corrected chi connectivity index (χ4v) is 5.42. The first-order valence-electron chi connectivity index (χ1n) is 10.8. The van der Waals surface area contributed by atoms with Crippen molar-refractivity contribution < 1.29 is 27.5 Å². The molecule has 34 heavy (non-hydrogen) atoms. The SMILES string of the molecule is COC(=O)[C@@H]1N[C@H](c2ccc(C(F)(F)F)cc2)[C@]2(C(=O)Nc3ccccc32)[C@H]1c1ccccc1. The van der Waals surface area contributed by atoms with Gasteiger partial charge in [0.05, 0.1) is 18.7 Å². The van der Waals surface area contributed by atoms with Crippen LogP contribution >= 0.6 is 0 Å². The molecule has 0 radical (unpaired) electrons. The lowest BCUT2D eigenvalue weighted by Crippen LogP contribution is -2.44. The Bertz CT molecular complexity index is 1240. The maximum atomic E-state index is 13.8. The van der Waals surface area contributed by atoms with Gasteiger partial charge >= 0.3 is 12.1 Å². The lowest BCUT2D eigenvalue weighted by atomic mass is 9.63. The summed E-state index contributed by atoms with van der Waals surface area (Å²) in [6.45, 7) is 0. The van der Waals surface area contributed by atoms with Gasteiger partial charge in [-0.15, -0.1) is 0 Å². The summed E-state index contributed by atoms with van der Waals surface area (Å²) in [7, 11) is 1.27. The predicted octanol–water partition coefficient (Wildman–Crippen LogP) is 4.57. The highest BCUT2D eigenvalue weighted by Crippen LogP contribution is 2.59. The molecule has 5 nitrogen and oxygen atoms in total. The van der Waals surface area contributed by atoms with Gasteiger partial charge in [0.15, 0.2) is 0 Å². The minimum atomic E-state index is -4.49. The number of rotatable bonds is 3. The van der Waals surface area contributed by atoms with Crippen molar-refractivity contribution in [3.05, 3.63) is 101 Å². The second-order valence-corrected chi connectivity index (χ2v) is 8.48. The monoisotopic (exact) mass is 466 g/mol. The largest absolute Gasteiger partial charge is 0.468 e. The summed E-state index contributed by atoms with van der Waals surface area (Å²) in [5.74, 6) is -1.55. The van der Waals surface area contributed by atoms with Crippen LogP contribution in [0.15, 0.2) is 78.9 Å². The zero-order valence-electron chi connectivity index (χ0n) is 18.1. The molecule has 1 amide bonds. The standard InChI is InChI=1S/C26H21F3N2O3/c1-34-23(32)21-20(15-7-3-2-4-8-15)25(18-9-5-6-10-19(18)30-24(25)33)22(31-21)16-11-13-17(14-12-16)26(27,28)29/h2-14,20-22,31H,1H3,(H,30,33)/t20-,21+,22+,25+/m0/s1. The van der Waals surface area contributed by atoms with Gasteiger partial charge in [0.1, 0.15) is 11.5 Å². The van der Waals surface area contributed by atoms with Gasteiger partial charge < -0.3 is 10.1 Å². The topological polar surface area (TPSA) is 67.4 Å². The number of carbonyl (C=O) groups excluding carboxylic acids is 2. The van der Waals surface area contributed by atoms with Crippen LogP contribution in [0.2, 0.25) is 0 Å². The van der Waals surface area contributed by atoms with Gasteiger partial charge in [-0.1, -0.05) is 60.7 Å². The number of alkyl halides is 3. The van der Waals surface area contributed by atoms with Crippen LogP contribution in [0.1, 0.15) is 34.2 Å². The average molecular weight is 466 g/mol. The molecule has 0 bridgehead atoms. The van der Waals surface area contributed by atoms with Crippen molar-refractivity contribution >= 4 is 17.6 Å². The number of halogens is 3. The number of hydrogen-bond donors (Lipinski definition) is 2. The number of para-hydroxylation sites is 1. The number of amides is 1. The third-order valence-corrected chi connectivity index (χ3v) is 6.81. The van der Waals surface area contributed by atoms with E-state index >= 15 is 0 Å². The smallest absolute Gasteiger partial charge is 0.416 e. The molecule has 0 aromatic heterocycles. The van der Waals surface area contributed by atoms with E-state index in [1.807, 2.05) is 36.4 Å². The number of fused-ring (bicyclic) bond motifs is 2. The van der Waals surface area contributed by atoms with E-state index in [2.05, 4.69) is 10.6 Å². The van der Waals surface area contributed by atoms with Crippen molar-refractivity contribution in [1.29, 1.82) is 0 Å². The molecule has 2 aliphatic rings. The van der Waals surface area contributed by atoms with Gasteiger partial charge in [-0.3, -0.25) is 14.9 Å². The maximum absolute atomic E-state index is 13.8. The molecule has 2 heterocycles. The molecule has 1 spiro atoms. The highest BCUT2D eigenvalue weighted by atomic mass is 19.4. The van der Waals surface area contributed by atoms with Crippen LogP contribution in [0.4, 0.5) is 18.9 Å². The summed E-state index contributed by atoms with van der Waals surface area (Å²) in [6, 6.07) is 19.4. The Morgan fingerprint density at radius 3 is 2.21 bits per heavy atom. The van der Waals surface area contributed by atoms with Gasteiger partial charge in [0.2, 0.25) is 5.91 Å². The minimum Gasteiger partial charge on any atom is -0.468 e. The second kappa shape index (κ2) is 7.99. The van der Waals surface area contributed by atoms with E-state index in [-0.39, 0.29) is 5.91 Å². The van der Waals surface area contributed by atoms with Crippen molar-refractivity contribution in [2.45, 2.75) is 29.6 Å². The average Bonchev–Trinajstić information content (AvgIpc) is 3.35. The molecule has 4 atom stereocenters. The third-order valence-electron chi connectivity index (χ3n) is 6.81. The fourth-order valence-electron chi connectivity index (χ4n) is 5.42. The van der Waals surface area contributed by atoms with Crippen LogP contribution in [0.3, 0.4) is 0 Å². The van der Waals surface area contributed by atoms with Gasteiger partial charge in [-0.05, 0) is 34.9 Å². The van der Waals surface area contributed by atoms with Crippen molar-refractivity contribution in [1.82, 2.24) is 5.32 Å². The van der Waals surface area contributed by atoms with E-state index in [4.69, 9.17) is 4.74 Å². The van der Waals surface area contributed by atoms with E-state index in [1.54, 1.807) is 18.2 Å². The number of ether oxygens (including phenoxy) is 1. The van der Waals surface area contributed by atoms with Crippen molar-refractivity contribution in [2.75, 3.05) is 12.4 Å². The van der Waals surface area contributed by atoms with Crippen molar-refractivity contribution in [3.8, 4) is 0 Å². The summed E-state index contributed by atoms with van der Waals surface area (Å²) in [5.41, 5.74) is 0.411.